The largest absolute Gasteiger partial charge is 0.394 e. The van der Waals surface area contributed by atoms with E-state index in [0.717, 1.165) is 51.8 Å². The van der Waals surface area contributed by atoms with Crippen molar-refractivity contribution in [1.82, 2.24) is 4.90 Å². The maximum atomic E-state index is 14.4. The van der Waals surface area contributed by atoms with E-state index in [1.807, 2.05) is 91.9 Å². The number of hydrogen-bond acceptors (Lipinski definition) is 5. The predicted molar refractivity (Wildman–Crippen MR) is 171 cm³/mol. The molecule has 228 valence electrons. The van der Waals surface area contributed by atoms with Gasteiger partial charge < -0.3 is 19.6 Å². The average molecular weight is 602 g/mol. The molecule has 8 nitrogen and oxygen atoms in total. The van der Waals surface area contributed by atoms with Gasteiger partial charge in [-0.1, -0.05) is 61.5 Å². The molecular formula is C37H35N3O5. The monoisotopic (exact) mass is 601 g/mol. The number of para-hydroxylation sites is 1. The Labute approximate surface area is 261 Å². The Balaban J connectivity index is 1.04. The Hall–Kier alpha value is -4.53. The maximum Gasteiger partial charge on any atom is 0.264 e. The Morgan fingerprint density at radius 1 is 0.956 bits per heavy atom. The van der Waals surface area contributed by atoms with Crippen molar-refractivity contribution in [3.63, 3.8) is 0 Å². The molecule has 4 aliphatic heterocycles. The van der Waals surface area contributed by atoms with Gasteiger partial charge in [0.1, 0.15) is 0 Å². The zero-order valence-corrected chi connectivity index (χ0v) is 25.2. The molecule has 3 amide bonds. The molecule has 4 aromatic carbocycles. The number of aliphatic hydroxyl groups excluding tert-OH is 1. The van der Waals surface area contributed by atoms with E-state index >= 15 is 0 Å². The number of carbonyl (C=O) groups is 3. The van der Waals surface area contributed by atoms with Gasteiger partial charge in [-0.3, -0.25) is 19.3 Å². The lowest BCUT2D eigenvalue weighted by Gasteiger charge is -2.29. The molecule has 0 aliphatic carbocycles. The van der Waals surface area contributed by atoms with Crippen LogP contribution >= 0.6 is 0 Å². The molecule has 2 fully saturated rings. The van der Waals surface area contributed by atoms with E-state index in [0.29, 0.717) is 25.1 Å². The summed E-state index contributed by atoms with van der Waals surface area (Å²) in [5.41, 5.74) is 3.81. The predicted octanol–water partition coefficient (Wildman–Crippen LogP) is 5.67. The van der Waals surface area contributed by atoms with Gasteiger partial charge in [0, 0.05) is 29.1 Å². The van der Waals surface area contributed by atoms with Crippen LogP contribution in [0.1, 0.15) is 54.1 Å². The van der Waals surface area contributed by atoms with Crippen LogP contribution in [0, 0.1) is 5.92 Å². The van der Waals surface area contributed by atoms with E-state index in [2.05, 4.69) is 0 Å². The quantitative estimate of drug-likeness (QED) is 0.308. The minimum atomic E-state index is -1.14. The highest BCUT2D eigenvalue weighted by Crippen LogP contribution is 2.54. The lowest BCUT2D eigenvalue weighted by atomic mass is 9.83. The first-order chi connectivity index (χ1) is 21.9. The number of nitrogens with zero attached hydrogens (tertiary/aromatic N) is 3. The maximum absolute atomic E-state index is 14.4. The van der Waals surface area contributed by atoms with Crippen LogP contribution in [0.25, 0.3) is 10.8 Å². The normalized spacial score (nSPS) is 25.3. The molecule has 0 unspecified atom stereocenters. The number of aliphatic hydroxyl groups is 1. The molecule has 1 N–H and O–H groups in total. The van der Waals surface area contributed by atoms with Crippen LogP contribution in [0.4, 0.5) is 17.1 Å². The van der Waals surface area contributed by atoms with Gasteiger partial charge in [0.15, 0.2) is 5.60 Å². The summed E-state index contributed by atoms with van der Waals surface area (Å²) in [5, 5.41) is 11.7. The molecule has 45 heavy (non-hydrogen) atoms. The van der Waals surface area contributed by atoms with E-state index in [9.17, 15) is 19.5 Å². The van der Waals surface area contributed by atoms with Crippen LogP contribution in [-0.2, 0) is 26.5 Å². The summed E-state index contributed by atoms with van der Waals surface area (Å²) in [5.74, 6) is -0.292. The fourth-order valence-electron chi connectivity index (χ4n) is 8.08. The summed E-state index contributed by atoms with van der Waals surface area (Å²) < 4.78 is 6.64. The Morgan fingerprint density at radius 2 is 1.71 bits per heavy atom. The van der Waals surface area contributed by atoms with E-state index in [1.165, 1.54) is 0 Å². The van der Waals surface area contributed by atoms with Crippen molar-refractivity contribution < 1.29 is 24.2 Å². The van der Waals surface area contributed by atoms with Gasteiger partial charge in [0.2, 0.25) is 5.91 Å². The van der Waals surface area contributed by atoms with E-state index in [-0.39, 0.29) is 48.8 Å². The number of benzene rings is 4. The molecule has 8 heteroatoms. The minimum absolute atomic E-state index is 0.0210. The Morgan fingerprint density at radius 3 is 2.51 bits per heavy atom. The van der Waals surface area contributed by atoms with Crippen LogP contribution in [-0.4, -0.2) is 53.0 Å². The minimum Gasteiger partial charge on any atom is -0.394 e. The first-order valence-corrected chi connectivity index (χ1v) is 15.9. The molecule has 0 radical (unpaired) electrons. The van der Waals surface area contributed by atoms with Gasteiger partial charge >= 0.3 is 0 Å². The Kier molecular flexibility index (Phi) is 6.55. The van der Waals surface area contributed by atoms with Crippen molar-refractivity contribution in [2.45, 2.75) is 56.9 Å². The summed E-state index contributed by atoms with van der Waals surface area (Å²) in [6, 6.07) is 27.3. The van der Waals surface area contributed by atoms with Gasteiger partial charge in [0.05, 0.1) is 48.7 Å². The second kappa shape index (κ2) is 10.5. The molecule has 0 aromatic heterocycles. The molecule has 2 saturated heterocycles. The van der Waals surface area contributed by atoms with E-state index in [1.54, 1.807) is 14.7 Å². The molecular weight excluding hydrogens is 566 g/mol. The van der Waals surface area contributed by atoms with E-state index in [4.69, 9.17) is 4.74 Å². The van der Waals surface area contributed by atoms with Gasteiger partial charge in [-0.05, 0) is 60.5 Å². The van der Waals surface area contributed by atoms with Crippen LogP contribution in [0.2, 0.25) is 0 Å². The van der Waals surface area contributed by atoms with Crippen LogP contribution in [0.3, 0.4) is 0 Å². The summed E-state index contributed by atoms with van der Waals surface area (Å²) in [6.07, 6.45) is 2.13. The smallest absolute Gasteiger partial charge is 0.264 e. The summed E-state index contributed by atoms with van der Waals surface area (Å²) in [6.45, 7) is 3.01. The van der Waals surface area contributed by atoms with Gasteiger partial charge in [0.25, 0.3) is 11.8 Å². The second-order valence-electron chi connectivity index (χ2n) is 12.8. The van der Waals surface area contributed by atoms with Gasteiger partial charge in [-0.25, -0.2) is 0 Å². The average Bonchev–Trinajstić information content (AvgIpc) is 3.80. The standard InChI is InChI=1S/C37H35N3O5/c1-23-19-28(20-33(42)38-18-6-9-27(38)22-41)45-37(23)30-11-2-3-12-31(30)39(36(37)44)21-24-14-16-26(17-15-24)40-32-13-5-8-25-7-4-10-29(34(25)32)35(40)43/h2-5,7-8,10-17,23,27-28,41H,6,9,18-22H2,1H3/t23-,27-,28-,37+/m0/s1. The third-order valence-electron chi connectivity index (χ3n) is 10.2. The van der Waals surface area contributed by atoms with E-state index < -0.39 is 5.60 Å². The first-order valence-electron chi connectivity index (χ1n) is 15.9. The van der Waals surface area contributed by atoms with Crippen molar-refractivity contribution in [1.29, 1.82) is 0 Å². The number of amides is 3. The highest BCUT2D eigenvalue weighted by molar-refractivity contribution is 6.27. The van der Waals surface area contributed by atoms with Crippen LogP contribution in [0.15, 0.2) is 84.9 Å². The SMILES string of the molecule is C[C@H]1C[C@@H](CC(=O)N2CCC[C@H]2CO)O[C@]12C(=O)N(Cc1ccc(N3C(=O)c4cccc5cccc3c45)cc1)c1ccccc12. The molecule has 1 spiro atoms. The van der Waals surface area contributed by atoms with Crippen molar-refractivity contribution in [2.75, 3.05) is 23.0 Å². The third-order valence-corrected chi connectivity index (χ3v) is 10.2. The molecule has 4 aromatic rings. The van der Waals surface area contributed by atoms with Crippen molar-refractivity contribution in [2.24, 2.45) is 5.92 Å². The molecule has 4 atom stereocenters. The number of carbonyl (C=O) groups excluding carboxylic acids is 3. The zero-order chi connectivity index (χ0) is 30.9. The highest BCUT2D eigenvalue weighted by atomic mass is 16.5. The lowest BCUT2D eigenvalue weighted by molar-refractivity contribution is -0.150. The number of ether oxygens (including phenoxy) is 1. The van der Waals surface area contributed by atoms with Gasteiger partial charge in [-0.2, -0.15) is 0 Å². The number of hydrogen-bond donors (Lipinski definition) is 1. The summed E-state index contributed by atoms with van der Waals surface area (Å²) >= 11 is 0. The van der Waals surface area contributed by atoms with Crippen LogP contribution in [0.5, 0.6) is 0 Å². The van der Waals surface area contributed by atoms with Crippen molar-refractivity contribution >= 4 is 45.6 Å². The molecule has 0 bridgehead atoms. The number of fused-ring (bicyclic) bond motifs is 2. The molecule has 4 heterocycles. The first kappa shape index (κ1) is 28.0. The number of rotatable bonds is 6. The molecule has 8 rings (SSSR count). The Bertz CT molecular complexity index is 1850. The topological polar surface area (TPSA) is 90.4 Å². The molecule has 4 aliphatic rings. The third kappa shape index (κ3) is 4.16. The zero-order valence-electron chi connectivity index (χ0n) is 25.2. The molecule has 0 saturated carbocycles. The van der Waals surface area contributed by atoms with Crippen molar-refractivity contribution in [3.8, 4) is 0 Å². The summed E-state index contributed by atoms with van der Waals surface area (Å²) in [7, 11) is 0. The lowest BCUT2D eigenvalue weighted by Crippen LogP contribution is -2.44. The second-order valence-corrected chi connectivity index (χ2v) is 12.8. The fourth-order valence-corrected chi connectivity index (χ4v) is 8.08. The number of anilines is 3. The van der Waals surface area contributed by atoms with Crippen LogP contribution < -0.4 is 9.80 Å². The number of likely N-dealkylation sites (tertiary alicyclic amines) is 1. The summed E-state index contributed by atoms with van der Waals surface area (Å²) in [4.78, 5) is 46.3. The fraction of sp³-hybridized carbons (Fsp3) is 0.324. The van der Waals surface area contributed by atoms with Gasteiger partial charge in [-0.15, -0.1) is 0 Å². The van der Waals surface area contributed by atoms with Crippen molar-refractivity contribution in [3.05, 3.63) is 102 Å². The highest BCUT2D eigenvalue weighted by Gasteiger charge is 2.60.